The quantitative estimate of drug-likeness (QED) is 0.461. The van der Waals surface area contributed by atoms with Gasteiger partial charge < -0.3 is 4.57 Å². The fraction of sp³-hybridized carbons (Fsp3) is 0.833. The molecule has 1 saturated heterocycles. The molecule has 1 aliphatic rings. The first-order valence-corrected chi connectivity index (χ1v) is 11.1. The lowest BCUT2D eigenvalue weighted by Gasteiger charge is -2.36. The SMILES string of the molecule is CCCCCCCCCCC1(Cn2ccnc2)SCCCS1. The Morgan fingerprint density at radius 3 is 2.32 bits per heavy atom. The highest BCUT2D eigenvalue weighted by Gasteiger charge is 2.33. The zero-order valence-electron chi connectivity index (χ0n) is 14.1. The Hall–Kier alpha value is -0.0900. The van der Waals surface area contributed by atoms with Gasteiger partial charge in [-0.15, -0.1) is 23.5 Å². The average molecular weight is 341 g/mol. The first-order chi connectivity index (χ1) is 10.8. The van der Waals surface area contributed by atoms with E-state index < -0.39 is 0 Å². The van der Waals surface area contributed by atoms with E-state index in [1.807, 2.05) is 12.5 Å². The van der Waals surface area contributed by atoms with E-state index in [0.29, 0.717) is 4.08 Å². The summed E-state index contributed by atoms with van der Waals surface area (Å²) in [5, 5.41) is 0. The van der Waals surface area contributed by atoms with Crippen molar-refractivity contribution in [2.75, 3.05) is 11.5 Å². The standard InChI is InChI=1S/C18H32N2S2/c1-2-3-4-5-6-7-8-9-11-18(21-14-10-15-22-18)16-20-13-12-19-17-20/h12-13,17H,2-11,14-16H2,1H3. The molecule has 2 nitrogen and oxygen atoms in total. The van der Waals surface area contributed by atoms with Gasteiger partial charge in [-0.05, 0) is 24.3 Å². The van der Waals surface area contributed by atoms with Crippen molar-refractivity contribution < 1.29 is 0 Å². The van der Waals surface area contributed by atoms with E-state index in [1.54, 1.807) is 0 Å². The van der Waals surface area contributed by atoms with Crippen molar-refractivity contribution in [2.45, 2.75) is 81.8 Å². The molecule has 2 heterocycles. The topological polar surface area (TPSA) is 17.8 Å². The molecule has 1 fully saturated rings. The highest BCUT2D eigenvalue weighted by molar-refractivity contribution is 8.18. The number of imidazole rings is 1. The number of unbranched alkanes of at least 4 members (excludes halogenated alkanes) is 7. The summed E-state index contributed by atoms with van der Waals surface area (Å²) in [4.78, 5) is 4.21. The molecule has 1 aliphatic heterocycles. The van der Waals surface area contributed by atoms with Crippen molar-refractivity contribution in [3.05, 3.63) is 18.7 Å². The van der Waals surface area contributed by atoms with Gasteiger partial charge in [-0.25, -0.2) is 4.98 Å². The number of thioether (sulfide) groups is 2. The smallest absolute Gasteiger partial charge is 0.0946 e. The van der Waals surface area contributed by atoms with Crippen molar-refractivity contribution in [2.24, 2.45) is 0 Å². The lowest BCUT2D eigenvalue weighted by atomic mass is 10.1. The summed E-state index contributed by atoms with van der Waals surface area (Å²) in [6.07, 6.45) is 20.1. The van der Waals surface area contributed by atoms with Crippen molar-refractivity contribution in [3.63, 3.8) is 0 Å². The van der Waals surface area contributed by atoms with Gasteiger partial charge in [0, 0.05) is 18.9 Å². The molecule has 22 heavy (non-hydrogen) atoms. The van der Waals surface area contributed by atoms with Crippen LogP contribution in [0.2, 0.25) is 0 Å². The highest BCUT2D eigenvalue weighted by atomic mass is 32.2. The maximum atomic E-state index is 4.21. The predicted molar refractivity (Wildman–Crippen MR) is 102 cm³/mol. The number of nitrogens with zero attached hydrogens (tertiary/aromatic N) is 2. The molecule has 2 rings (SSSR count). The van der Waals surface area contributed by atoms with Gasteiger partial charge in [-0.3, -0.25) is 0 Å². The van der Waals surface area contributed by atoms with E-state index in [4.69, 9.17) is 0 Å². The van der Waals surface area contributed by atoms with Crippen LogP contribution in [-0.4, -0.2) is 25.1 Å². The molecule has 0 spiro atoms. The van der Waals surface area contributed by atoms with Crippen LogP contribution >= 0.6 is 23.5 Å². The van der Waals surface area contributed by atoms with Gasteiger partial charge in [0.2, 0.25) is 0 Å². The Bertz CT molecular complexity index is 372. The summed E-state index contributed by atoms with van der Waals surface area (Å²) in [7, 11) is 0. The van der Waals surface area contributed by atoms with E-state index >= 15 is 0 Å². The van der Waals surface area contributed by atoms with Gasteiger partial charge in [0.25, 0.3) is 0 Å². The van der Waals surface area contributed by atoms with Crippen LogP contribution in [-0.2, 0) is 6.54 Å². The minimum absolute atomic E-state index is 0.404. The first-order valence-electron chi connectivity index (χ1n) is 9.08. The van der Waals surface area contributed by atoms with Crippen LogP contribution in [0.15, 0.2) is 18.7 Å². The van der Waals surface area contributed by atoms with Crippen LogP contribution in [0.4, 0.5) is 0 Å². The van der Waals surface area contributed by atoms with Crippen LogP contribution < -0.4 is 0 Å². The first kappa shape index (κ1) is 18.3. The molecular weight excluding hydrogens is 308 g/mol. The third-order valence-electron chi connectivity index (χ3n) is 4.41. The van der Waals surface area contributed by atoms with Crippen molar-refractivity contribution in [1.29, 1.82) is 0 Å². The normalized spacial score (nSPS) is 17.7. The van der Waals surface area contributed by atoms with Gasteiger partial charge in [-0.2, -0.15) is 0 Å². The molecule has 0 aromatic carbocycles. The molecule has 4 heteroatoms. The molecular formula is C18H32N2S2. The number of rotatable bonds is 11. The van der Waals surface area contributed by atoms with E-state index in [2.05, 4.69) is 46.2 Å². The van der Waals surface area contributed by atoms with Gasteiger partial charge >= 0.3 is 0 Å². The van der Waals surface area contributed by atoms with Crippen molar-refractivity contribution in [1.82, 2.24) is 9.55 Å². The summed E-state index contributed by atoms with van der Waals surface area (Å²) in [5.41, 5.74) is 0. The fourth-order valence-electron chi connectivity index (χ4n) is 3.12. The second kappa shape index (κ2) is 10.6. The van der Waals surface area contributed by atoms with Gasteiger partial charge in [0.1, 0.15) is 0 Å². The molecule has 0 amide bonds. The summed E-state index contributed by atoms with van der Waals surface area (Å²) < 4.78 is 2.68. The van der Waals surface area contributed by atoms with E-state index in [1.165, 1.54) is 75.7 Å². The molecule has 0 aliphatic carbocycles. The molecule has 0 unspecified atom stereocenters. The third-order valence-corrected chi connectivity index (χ3v) is 7.82. The molecule has 1 aromatic rings. The van der Waals surface area contributed by atoms with E-state index in [-0.39, 0.29) is 0 Å². The molecule has 0 atom stereocenters. The third kappa shape index (κ3) is 6.57. The largest absolute Gasteiger partial charge is 0.335 e. The monoisotopic (exact) mass is 340 g/mol. The lowest BCUT2D eigenvalue weighted by molar-refractivity contribution is 0.523. The Labute approximate surface area is 145 Å². The van der Waals surface area contributed by atoms with Gasteiger partial charge in [-0.1, -0.05) is 58.3 Å². The summed E-state index contributed by atoms with van der Waals surface area (Å²) in [5.74, 6) is 2.66. The average Bonchev–Trinajstić information content (AvgIpc) is 3.03. The van der Waals surface area contributed by atoms with Crippen LogP contribution in [0.3, 0.4) is 0 Å². The Kier molecular flexibility index (Phi) is 8.83. The number of hydrogen-bond donors (Lipinski definition) is 0. The minimum atomic E-state index is 0.404. The zero-order valence-corrected chi connectivity index (χ0v) is 15.8. The molecule has 0 saturated carbocycles. The van der Waals surface area contributed by atoms with Crippen molar-refractivity contribution >= 4 is 23.5 Å². The minimum Gasteiger partial charge on any atom is -0.335 e. The van der Waals surface area contributed by atoms with Crippen LogP contribution in [0.25, 0.3) is 0 Å². The molecule has 0 N–H and O–H groups in total. The zero-order chi connectivity index (χ0) is 15.5. The lowest BCUT2D eigenvalue weighted by Crippen LogP contribution is -2.30. The Morgan fingerprint density at radius 2 is 1.68 bits per heavy atom. The van der Waals surface area contributed by atoms with Gasteiger partial charge in [0.15, 0.2) is 0 Å². The number of aromatic nitrogens is 2. The highest BCUT2D eigenvalue weighted by Crippen LogP contribution is 2.47. The summed E-state index contributed by atoms with van der Waals surface area (Å²) >= 11 is 4.40. The fourth-order valence-corrected chi connectivity index (χ4v) is 6.51. The van der Waals surface area contributed by atoms with Crippen LogP contribution in [0.1, 0.15) is 71.1 Å². The number of hydrogen-bond acceptors (Lipinski definition) is 3. The van der Waals surface area contributed by atoms with Gasteiger partial charge in [0.05, 0.1) is 10.4 Å². The van der Waals surface area contributed by atoms with Crippen LogP contribution in [0.5, 0.6) is 0 Å². The van der Waals surface area contributed by atoms with Crippen molar-refractivity contribution in [3.8, 4) is 0 Å². The summed E-state index contributed by atoms with van der Waals surface area (Å²) in [6.45, 7) is 3.41. The molecule has 0 bridgehead atoms. The molecule has 0 radical (unpaired) electrons. The second-order valence-electron chi connectivity index (χ2n) is 6.42. The summed E-state index contributed by atoms with van der Waals surface area (Å²) in [6, 6.07) is 0. The van der Waals surface area contributed by atoms with E-state index in [9.17, 15) is 0 Å². The molecule has 126 valence electrons. The second-order valence-corrected chi connectivity index (χ2v) is 9.64. The van der Waals surface area contributed by atoms with Crippen LogP contribution in [0, 0.1) is 0 Å². The predicted octanol–water partition coefficient (Wildman–Crippen LogP) is 5.98. The Balaban J connectivity index is 1.67. The Morgan fingerprint density at radius 1 is 1.00 bits per heavy atom. The maximum Gasteiger partial charge on any atom is 0.0946 e. The van der Waals surface area contributed by atoms with E-state index in [0.717, 1.165) is 6.54 Å². The maximum absolute atomic E-state index is 4.21. The molecule has 1 aromatic heterocycles.